The zero-order valence-electron chi connectivity index (χ0n) is 16.0. The number of hydrogen-bond donors (Lipinski definition) is 1. The highest BCUT2D eigenvalue weighted by Gasteiger charge is 2.45. The van der Waals surface area contributed by atoms with Crippen molar-refractivity contribution in [3.05, 3.63) is 46.0 Å². The number of nitro groups is 1. The Labute approximate surface area is 169 Å². The van der Waals surface area contributed by atoms with E-state index in [-0.39, 0.29) is 29.6 Å². The first-order valence-electron chi connectivity index (χ1n) is 8.92. The third kappa shape index (κ3) is 3.30. The van der Waals surface area contributed by atoms with Crippen LogP contribution >= 0.6 is 0 Å². The molecule has 0 saturated heterocycles. The van der Waals surface area contributed by atoms with Crippen LogP contribution in [0.4, 0.5) is 17.3 Å². The normalized spacial score (nSPS) is 16.5. The Hall–Kier alpha value is -4.02. The molecule has 0 fully saturated rings. The van der Waals surface area contributed by atoms with Crippen LogP contribution in [0.25, 0.3) is 0 Å². The van der Waals surface area contributed by atoms with Gasteiger partial charge in [-0.15, -0.1) is 0 Å². The Morgan fingerprint density at radius 1 is 1.27 bits per heavy atom. The van der Waals surface area contributed by atoms with E-state index in [2.05, 4.69) is 10.3 Å². The van der Waals surface area contributed by atoms with Gasteiger partial charge in [0.2, 0.25) is 0 Å². The standard InChI is InChI=1S/C19H16N4O7/c1-19(2)18(26)22(17-14(30-19)5-6-15(21-17)23(27)28)8-12(24)10-3-4-13-11(7-10)20-16(25)9-29-13/h3-7H,8-9H2,1-2H3,(H,20,25). The van der Waals surface area contributed by atoms with E-state index >= 15 is 0 Å². The molecule has 11 heteroatoms. The maximum atomic E-state index is 12.9. The quantitative estimate of drug-likeness (QED) is 0.454. The molecule has 0 radical (unpaired) electrons. The molecule has 2 amide bonds. The van der Waals surface area contributed by atoms with Gasteiger partial charge in [-0.1, -0.05) is 0 Å². The summed E-state index contributed by atoms with van der Waals surface area (Å²) in [6.07, 6.45) is 0. The van der Waals surface area contributed by atoms with Gasteiger partial charge >= 0.3 is 5.82 Å². The molecule has 11 nitrogen and oxygen atoms in total. The van der Waals surface area contributed by atoms with Crippen LogP contribution in [0.15, 0.2) is 30.3 Å². The zero-order valence-corrected chi connectivity index (χ0v) is 16.0. The lowest BCUT2D eigenvalue weighted by atomic mass is 10.0. The second kappa shape index (κ2) is 6.79. The predicted octanol–water partition coefficient (Wildman–Crippen LogP) is 1.71. The number of carbonyl (C=O) groups is 3. The number of benzene rings is 1. The third-order valence-electron chi connectivity index (χ3n) is 4.63. The number of carbonyl (C=O) groups excluding carboxylic acids is 3. The lowest BCUT2D eigenvalue weighted by molar-refractivity contribution is -0.389. The highest BCUT2D eigenvalue weighted by Crippen LogP contribution is 2.38. The number of nitrogens with zero attached hydrogens (tertiary/aromatic N) is 3. The van der Waals surface area contributed by atoms with Gasteiger partial charge < -0.3 is 24.9 Å². The fourth-order valence-corrected chi connectivity index (χ4v) is 3.18. The molecule has 2 aliphatic rings. The molecule has 1 aromatic heterocycles. The van der Waals surface area contributed by atoms with Crippen molar-refractivity contribution in [2.45, 2.75) is 19.4 Å². The van der Waals surface area contributed by atoms with Crippen molar-refractivity contribution in [2.24, 2.45) is 0 Å². The van der Waals surface area contributed by atoms with E-state index in [0.29, 0.717) is 11.4 Å². The van der Waals surface area contributed by atoms with Crippen molar-refractivity contribution in [2.75, 3.05) is 23.4 Å². The van der Waals surface area contributed by atoms with Gasteiger partial charge in [-0.05, 0) is 48.0 Å². The largest absolute Gasteiger partial charge is 0.482 e. The van der Waals surface area contributed by atoms with Crippen molar-refractivity contribution in [1.82, 2.24) is 4.98 Å². The molecular weight excluding hydrogens is 396 g/mol. The van der Waals surface area contributed by atoms with E-state index in [4.69, 9.17) is 9.47 Å². The molecule has 30 heavy (non-hydrogen) atoms. The number of fused-ring (bicyclic) bond motifs is 2. The van der Waals surface area contributed by atoms with Gasteiger partial charge in [-0.25, -0.2) is 0 Å². The number of pyridine rings is 1. The number of ether oxygens (including phenoxy) is 2. The highest BCUT2D eigenvalue weighted by atomic mass is 16.6. The van der Waals surface area contributed by atoms with Crippen LogP contribution in [-0.2, 0) is 9.59 Å². The van der Waals surface area contributed by atoms with Crippen LogP contribution in [0, 0.1) is 10.1 Å². The SMILES string of the molecule is CC1(C)Oc2ccc([N+](=O)[O-])nc2N(CC(=O)c2ccc3c(c2)NC(=O)CO3)C1=O. The highest BCUT2D eigenvalue weighted by molar-refractivity contribution is 6.09. The Morgan fingerprint density at radius 2 is 2.00 bits per heavy atom. The maximum absolute atomic E-state index is 12.9. The van der Waals surface area contributed by atoms with Gasteiger partial charge in [0.25, 0.3) is 17.6 Å². The predicted molar refractivity (Wildman–Crippen MR) is 103 cm³/mol. The third-order valence-corrected chi connectivity index (χ3v) is 4.63. The second-order valence-electron chi connectivity index (χ2n) is 7.22. The molecule has 1 aromatic carbocycles. The molecule has 4 rings (SSSR count). The smallest absolute Gasteiger partial charge is 0.366 e. The first kappa shape index (κ1) is 19.3. The Bertz CT molecular complexity index is 1110. The average Bonchev–Trinajstić information content (AvgIpc) is 2.70. The maximum Gasteiger partial charge on any atom is 0.366 e. The molecule has 0 bridgehead atoms. The zero-order chi connectivity index (χ0) is 21.6. The van der Waals surface area contributed by atoms with Crippen LogP contribution in [0.1, 0.15) is 24.2 Å². The molecule has 0 aliphatic carbocycles. The van der Waals surface area contributed by atoms with Crippen LogP contribution in [0.2, 0.25) is 0 Å². The summed E-state index contributed by atoms with van der Waals surface area (Å²) in [5.74, 6) is -1.36. The summed E-state index contributed by atoms with van der Waals surface area (Å²) < 4.78 is 10.9. The van der Waals surface area contributed by atoms with Gasteiger partial charge in [0.05, 0.1) is 12.2 Å². The topological polar surface area (TPSA) is 141 Å². The van der Waals surface area contributed by atoms with Gasteiger partial charge in [0.1, 0.15) is 5.75 Å². The lowest BCUT2D eigenvalue weighted by Gasteiger charge is -2.35. The number of aromatic nitrogens is 1. The van der Waals surface area contributed by atoms with E-state index in [1.54, 1.807) is 6.07 Å². The molecule has 0 atom stereocenters. The van der Waals surface area contributed by atoms with E-state index < -0.39 is 34.6 Å². The van der Waals surface area contributed by atoms with Crippen molar-refractivity contribution < 1.29 is 28.8 Å². The summed E-state index contributed by atoms with van der Waals surface area (Å²) in [5, 5.41) is 13.7. The van der Waals surface area contributed by atoms with Gasteiger partial charge in [-0.3, -0.25) is 19.3 Å². The fourth-order valence-electron chi connectivity index (χ4n) is 3.18. The molecular formula is C19H16N4O7. The molecule has 0 unspecified atom stereocenters. The molecule has 154 valence electrons. The summed E-state index contributed by atoms with van der Waals surface area (Å²) in [6, 6.07) is 7.02. The van der Waals surface area contributed by atoms with Gasteiger partial charge in [0, 0.05) is 11.6 Å². The molecule has 1 N–H and O–H groups in total. The molecule has 2 aliphatic heterocycles. The Morgan fingerprint density at radius 3 is 2.73 bits per heavy atom. The number of Topliss-reactive ketones (excluding diaryl/α,β-unsaturated/α-hetero) is 1. The lowest BCUT2D eigenvalue weighted by Crippen LogP contribution is -2.54. The van der Waals surface area contributed by atoms with Crippen molar-refractivity contribution >= 4 is 34.9 Å². The first-order chi connectivity index (χ1) is 14.2. The number of anilines is 2. The summed E-state index contributed by atoms with van der Waals surface area (Å²) >= 11 is 0. The summed E-state index contributed by atoms with van der Waals surface area (Å²) in [5.41, 5.74) is -0.716. The fraction of sp³-hybridized carbons (Fsp3) is 0.263. The van der Waals surface area contributed by atoms with E-state index in [9.17, 15) is 24.5 Å². The van der Waals surface area contributed by atoms with Crippen LogP contribution in [-0.4, -0.2) is 46.3 Å². The van der Waals surface area contributed by atoms with E-state index in [0.717, 1.165) is 11.0 Å². The number of rotatable bonds is 4. The van der Waals surface area contributed by atoms with Crippen LogP contribution in [0.5, 0.6) is 11.5 Å². The minimum absolute atomic E-state index is 0.100. The second-order valence-corrected chi connectivity index (χ2v) is 7.22. The molecule has 2 aromatic rings. The number of nitrogens with one attached hydrogen (secondary N) is 1. The van der Waals surface area contributed by atoms with Crippen LogP contribution < -0.4 is 19.7 Å². The molecule has 0 saturated carbocycles. The Balaban J connectivity index is 1.68. The van der Waals surface area contributed by atoms with Crippen molar-refractivity contribution in [3.8, 4) is 11.5 Å². The van der Waals surface area contributed by atoms with Crippen LogP contribution in [0.3, 0.4) is 0 Å². The summed E-state index contributed by atoms with van der Waals surface area (Å²) in [7, 11) is 0. The monoisotopic (exact) mass is 412 g/mol. The number of ketones is 1. The van der Waals surface area contributed by atoms with Gasteiger partial charge in [0.15, 0.2) is 23.7 Å². The summed E-state index contributed by atoms with van der Waals surface area (Å²) in [4.78, 5) is 52.7. The number of hydrogen-bond acceptors (Lipinski definition) is 8. The Kier molecular flexibility index (Phi) is 4.37. The van der Waals surface area contributed by atoms with Gasteiger partial charge in [-0.2, -0.15) is 0 Å². The average molecular weight is 412 g/mol. The minimum Gasteiger partial charge on any atom is -0.482 e. The van der Waals surface area contributed by atoms with E-state index in [1.165, 1.54) is 32.0 Å². The first-order valence-corrected chi connectivity index (χ1v) is 8.92. The number of amides is 2. The summed E-state index contributed by atoms with van der Waals surface area (Å²) in [6.45, 7) is 2.53. The van der Waals surface area contributed by atoms with E-state index in [1.807, 2.05) is 0 Å². The minimum atomic E-state index is -1.29. The van der Waals surface area contributed by atoms with Crippen molar-refractivity contribution in [3.63, 3.8) is 0 Å². The molecule has 3 heterocycles. The van der Waals surface area contributed by atoms with Crippen molar-refractivity contribution in [1.29, 1.82) is 0 Å². The molecule has 0 spiro atoms.